The number of benzene rings is 1. The first-order valence-electron chi connectivity index (χ1n) is 6.15. The number of sulfonamides is 1. The lowest BCUT2D eigenvalue weighted by molar-refractivity contribution is 0.101. The van der Waals surface area contributed by atoms with Gasteiger partial charge in [0.25, 0.3) is 0 Å². The maximum atomic E-state index is 12.3. The van der Waals surface area contributed by atoms with Crippen LogP contribution in [0.4, 0.5) is 5.69 Å². The summed E-state index contributed by atoms with van der Waals surface area (Å²) in [6.45, 7) is 0. The second-order valence-electron chi connectivity index (χ2n) is 4.77. The third kappa shape index (κ3) is 3.47. The Balaban J connectivity index is 2.24. The molecule has 0 bridgehead atoms. The van der Waals surface area contributed by atoms with Crippen molar-refractivity contribution >= 4 is 31.6 Å². The molecule has 1 fully saturated rings. The lowest BCUT2D eigenvalue weighted by Gasteiger charge is -2.28. The van der Waals surface area contributed by atoms with E-state index in [2.05, 4.69) is 20.7 Å². The first kappa shape index (κ1) is 14.8. The Labute approximate surface area is 121 Å². The molecule has 1 saturated carbocycles. The summed E-state index contributed by atoms with van der Waals surface area (Å²) in [5, 5.41) is 9.84. The minimum absolute atomic E-state index is 0.102. The number of hydrogen-bond acceptors (Lipinski definition) is 4. The van der Waals surface area contributed by atoms with Crippen LogP contribution in [0.1, 0.15) is 25.7 Å². The lowest BCUT2D eigenvalue weighted by atomic mass is 9.93. The second kappa shape index (κ2) is 5.78. The Kier molecular flexibility index (Phi) is 4.50. The van der Waals surface area contributed by atoms with Gasteiger partial charge >= 0.3 is 0 Å². The van der Waals surface area contributed by atoms with Crippen LogP contribution in [0.2, 0.25) is 0 Å². The number of nitrogens with two attached hydrogens (primary N) is 1. The summed E-state index contributed by atoms with van der Waals surface area (Å²) in [7, 11) is -3.68. The van der Waals surface area contributed by atoms with E-state index in [9.17, 15) is 13.5 Å². The van der Waals surface area contributed by atoms with Crippen molar-refractivity contribution in [3.05, 3.63) is 22.7 Å². The first-order valence-corrected chi connectivity index (χ1v) is 8.43. The Hall–Kier alpha value is -0.630. The van der Waals surface area contributed by atoms with E-state index in [1.165, 1.54) is 6.07 Å². The Morgan fingerprint density at radius 1 is 1.32 bits per heavy atom. The van der Waals surface area contributed by atoms with Crippen molar-refractivity contribution in [3.63, 3.8) is 0 Å². The Morgan fingerprint density at radius 3 is 2.68 bits per heavy atom. The molecule has 0 aromatic heterocycles. The van der Waals surface area contributed by atoms with Crippen LogP contribution in [0.3, 0.4) is 0 Å². The zero-order chi connectivity index (χ0) is 14.0. The van der Waals surface area contributed by atoms with E-state index in [0.29, 0.717) is 23.0 Å². The summed E-state index contributed by atoms with van der Waals surface area (Å²) < 4.78 is 27.6. The number of nitrogen functional groups attached to an aromatic ring is 1. The van der Waals surface area contributed by atoms with Gasteiger partial charge in [0, 0.05) is 16.2 Å². The molecule has 1 aromatic carbocycles. The molecule has 0 unspecified atom stereocenters. The highest BCUT2D eigenvalue weighted by molar-refractivity contribution is 9.10. The van der Waals surface area contributed by atoms with Gasteiger partial charge in [-0.2, -0.15) is 0 Å². The van der Waals surface area contributed by atoms with Gasteiger partial charge in [0.2, 0.25) is 10.0 Å². The number of nitrogens with one attached hydrogen (secondary N) is 1. The van der Waals surface area contributed by atoms with Crippen LogP contribution in [-0.2, 0) is 10.0 Å². The molecule has 1 aliphatic rings. The maximum Gasteiger partial charge on any atom is 0.242 e. The zero-order valence-corrected chi connectivity index (χ0v) is 12.7. The Morgan fingerprint density at radius 2 is 2.00 bits per heavy atom. The molecule has 0 radical (unpaired) electrons. The predicted octanol–water partition coefficient (Wildman–Crippen LogP) is 1.61. The van der Waals surface area contributed by atoms with Crippen molar-refractivity contribution in [2.45, 2.75) is 42.7 Å². The largest absolute Gasteiger partial charge is 0.399 e. The highest BCUT2D eigenvalue weighted by Crippen LogP contribution is 2.26. The van der Waals surface area contributed by atoms with Crippen molar-refractivity contribution in [1.29, 1.82) is 0 Å². The number of anilines is 1. The molecule has 19 heavy (non-hydrogen) atoms. The van der Waals surface area contributed by atoms with Gasteiger partial charge in [-0.15, -0.1) is 0 Å². The van der Waals surface area contributed by atoms with E-state index in [0.717, 1.165) is 12.8 Å². The van der Waals surface area contributed by atoms with Crippen LogP contribution in [0.5, 0.6) is 0 Å². The standard InChI is InChI=1S/C12H17BrN2O3S/c13-9-6-5-8(14)7-12(9)19(17,18)15-10-3-1-2-4-11(10)16/h5-7,10-11,15-16H,1-4,14H2/t10-,11-/m0/s1. The fraction of sp³-hybridized carbons (Fsp3) is 0.500. The van der Waals surface area contributed by atoms with Gasteiger partial charge in [0.1, 0.15) is 0 Å². The zero-order valence-electron chi connectivity index (χ0n) is 10.3. The normalized spacial score (nSPS) is 24.3. The van der Waals surface area contributed by atoms with Crippen LogP contribution >= 0.6 is 15.9 Å². The SMILES string of the molecule is Nc1ccc(Br)c(S(=O)(=O)N[C@H]2CCCC[C@@H]2O)c1. The van der Waals surface area contributed by atoms with Gasteiger partial charge in [-0.05, 0) is 47.0 Å². The third-order valence-corrected chi connectivity index (χ3v) is 5.76. The second-order valence-corrected chi connectivity index (χ2v) is 7.31. The molecule has 5 nitrogen and oxygen atoms in total. The third-order valence-electron chi connectivity index (χ3n) is 3.28. The molecule has 0 aliphatic heterocycles. The van der Waals surface area contributed by atoms with Gasteiger partial charge in [0.05, 0.1) is 11.0 Å². The molecule has 2 rings (SSSR count). The van der Waals surface area contributed by atoms with Gasteiger partial charge in [0.15, 0.2) is 0 Å². The molecule has 1 aromatic rings. The topological polar surface area (TPSA) is 92.4 Å². The molecule has 0 heterocycles. The molecule has 7 heteroatoms. The van der Waals surface area contributed by atoms with Crippen molar-refractivity contribution in [2.24, 2.45) is 0 Å². The van der Waals surface area contributed by atoms with Gasteiger partial charge < -0.3 is 10.8 Å². The van der Waals surface area contributed by atoms with Gasteiger partial charge in [-0.25, -0.2) is 13.1 Å². The minimum Gasteiger partial charge on any atom is -0.399 e. The summed E-state index contributed by atoms with van der Waals surface area (Å²) in [4.78, 5) is 0.102. The van der Waals surface area contributed by atoms with E-state index < -0.39 is 22.2 Å². The summed E-state index contributed by atoms with van der Waals surface area (Å²) in [6.07, 6.45) is 2.51. The molecule has 0 amide bonds. The quantitative estimate of drug-likeness (QED) is 0.723. The van der Waals surface area contributed by atoms with Gasteiger partial charge in [-0.3, -0.25) is 0 Å². The average Bonchev–Trinajstić information content (AvgIpc) is 2.35. The lowest BCUT2D eigenvalue weighted by Crippen LogP contribution is -2.45. The van der Waals surface area contributed by atoms with Crippen molar-refractivity contribution in [2.75, 3.05) is 5.73 Å². The molecular formula is C12H17BrN2O3S. The van der Waals surface area contributed by atoms with Crippen molar-refractivity contribution in [3.8, 4) is 0 Å². The highest BCUT2D eigenvalue weighted by atomic mass is 79.9. The molecule has 0 saturated heterocycles. The van der Waals surface area contributed by atoms with E-state index in [4.69, 9.17) is 5.73 Å². The van der Waals surface area contributed by atoms with E-state index >= 15 is 0 Å². The number of rotatable bonds is 3. The van der Waals surface area contributed by atoms with E-state index in [-0.39, 0.29) is 4.90 Å². The minimum atomic E-state index is -3.68. The maximum absolute atomic E-state index is 12.3. The van der Waals surface area contributed by atoms with Crippen LogP contribution in [0.25, 0.3) is 0 Å². The molecule has 0 spiro atoms. The average molecular weight is 349 g/mol. The van der Waals surface area contributed by atoms with Crippen molar-refractivity contribution in [1.82, 2.24) is 4.72 Å². The molecule has 1 aliphatic carbocycles. The first-order chi connectivity index (χ1) is 8.90. The highest BCUT2D eigenvalue weighted by Gasteiger charge is 2.29. The molecule has 2 atom stereocenters. The number of hydrogen-bond donors (Lipinski definition) is 3. The predicted molar refractivity (Wildman–Crippen MR) is 77.1 cm³/mol. The van der Waals surface area contributed by atoms with Crippen LogP contribution in [0.15, 0.2) is 27.6 Å². The van der Waals surface area contributed by atoms with Crippen LogP contribution < -0.4 is 10.5 Å². The number of halogens is 1. The number of aliphatic hydroxyl groups excluding tert-OH is 1. The Bertz CT molecular complexity index is 562. The van der Waals surface area contributed by atoms with Crippen LogP contribution in [-0.4, -0.2) is 25.7 Å². The fourth-order valence-corrected chi connectivity index (χ4v) is 4.54. The molecule has 106 valence electrons. The van der Waals surface area contributed by atoms with Crippen LogP contribution in [0, 0.1) is 0 Å². The van der Waals surface area contributed by atoms with Crippen molar-refractivity contribution < 1.29 is 13.5 Å². The summed E-state index contributed by atoms with van der Waals surface area (Å²) in [5.74, 6) is 0. The summed E-state index contributed by atoms with van der Waals surface area (Å²) in [5.41, 5.74) is 6.00. The number of aliphatic hydroxyl groups is 1. The monoisotopic (exact) mass is 348 g/mol. The smallest absolute Gasteiger partial charge is 0.242 e. The van der Waals surface area contributed by atoms with E-state index in [1.807, 2.05) is 0 Å². The van der Waals surface area contributed by atoms with Gasteiger partial charge in [-0.1, -0.05) is 12.8 Å². The molecular weight excluding hydrogens is 332 g/mol. The fourth-order valence-electron chi connectivity index (χ4n) is 2.24. The van der Waals surface area contributed by atoms with E-state index in [1.54, 1.807) is 12.1 Å². The molecule has 4 N–H and O–H groups in total. The summed E-state index contributed by atoms with van der Waals surface area (Å²) >= 11 is 3.21. The summed E-state index contributed by atoms with van der Waals surface area (Å²) in [6, 6.07) is 4.20.